The van der Waals surface area contributed by atoms with Gasteiger partial charge in [-0.2, -0.15) is 0 Å². The second kappa shape index (κ2) is 5.97. The van der Waals surface area contributed by atoms with Crippen molar-refractivity contribution in [3.63, 3.8) is 0 Å². The molecule has 0 aromatic carbocycles. The molecular formula is C19H28N2+2. The molecule has 0 saturated carbocycles. The Balaban J connectivity index is 2.45. The van der Waals surface area contributed by atoms with E-state index >= 15 is 0 Å². The van der Waals surface area contributed by atoms with Gasteiger partial charge in [0.05, 0.1) is 0 Å². The lowest BCUT2D eigenvalue weighted by atomic mass is 9.98. The second-order valence-corrected chi connectivity index (χ2v) is 6.15. The fourth-order valence-electron chi connectivity index (χ4n) is 3.18. The van der Waals surface area contributed by atoms with Crippen molar-refractivity contribution in [3.8, 4) is 0 Å². The summed E-state index contributed by atoms with van der Waals surface area (Å²) < 4.78 is 4.63. The normalized spacial score (nSPS) is 11.0. The first-order chi connectivity index (χ1) is 9.85. The predicted octanol–water partition coefficient (Wildman–Crippen LogP) is 2.95. The van der Waals surface area contributed by atoms with Crippen molar-refractivity contribution < 1.29 is 9.13 Å². The Labute approximate surface area is 129 Å². The van der Waals surface area contributed by atoms with Gasteiger partial charge in [-0.3, -0.25) is 0 Å². The first kappa shape index (κ1) is 15.7. The molecule has 21 heavy (non-hydrogen) atoms. The molecule has 0 unspecified atom stereocenters. The van der Waals surface area contributed by atoms with Crippen molar-refractivity contribution in [2.45, 2.75) is 54.5 Å². The van der Waals surface area contributed by atoms with Crippen molar-refractivity contribution in [2.24, 2.45) is 7.05 Å². The summed E-state index contributed by atoms with van der Waals surface area (Å²) in [5.74, 6) is 0. The minimum Gasteiger partial charge on any atom is -0.203 e. The van der Waals surface area contributed by atoms with Crippen LogP contribution in [0.2, 0.25) is 0 Å². The SMILES string of the molecule is CC[n+]1c(C)cc(Cc2cc(C)[n+](C)c(C)c2)c(C)c1C. The van der Waals surface area contributed by atoms with E-state index in [1.807, 2.05) is 0 Å². The molecule has 2 heterocycles. The van der Waals surface area contributed by atoms with Crippen molar-refractivity contribution >= 4 is 0 Å². The summed E-state index contributed by atoms with van der Waals surface area (Å²) in [4.78, 5) is 0. The Bertz CT molecular complexity index is 661. The highest BCUT2D eigenvalue weighted by Crippen LogP contribution is 2.17. The number of aromatic nitrogens is 2. The van der Waals surface area contributed by atoms with Crippen molar-refractivity contribution in [2.75, 3.05) is 0 Å². The van der Waals surface area contributed by atoms with Gasteiger partial charge in [-0.15, -0.1) is 0 Å². The van der Waals surface area contributed by atoms with E-state index in [9.17, 15) is 0 Å². The number of rotatable bonds is 3. The van der Waals surface area contributed by atoms with Gasteiger partial charge in [0.15, 0.2) is 22.8 Å². The molecule has 0 amide bonds. The Hall–Kier alpha value is -1.70. The van der Waals surface area contributed by atoms with E-state index < -0.39 is 0 Å². The molecule has 2 rings (SSSR count). The zero-order valence-electron chi connectivity index (χ0n) is 14.5. The lowest BCUT2D eigenvalue weighted by molar-refractivity contribution is -0.705. The van der Waals surface area contributed by atoms with Crippen molar-refractivity contribution in [1.29, 1.82) is 0 Å². The van der Waals surface area contributed by atoms with Crippen LogP contribution in [0.25, 0.3) is 0 Å². The molecule has 0 N–H and O–H groups in total. The molecule has 0 aliphatic heterocycles. The van der Waals surface area contributed by atoms with Crippen LogP contribution in [-0.2, 0) is 20.0 Å². The van der Waals surface area contributed by atoms with Crippen LogP contribution in [0.4, 0.5) is 0 Å². The van der Waals surface area contributed by atoms with Gasteiger partial charge in [-0.1, -0.05) is 0 Å². The van der Waals surface area contributed by atoms with Crippen LogP contribution >= 0.6 is 0 Å². The topological polar surface area (TPSA) is 7.76 Å². The Kier molecular flexibility index (Phi) is 4.46. The Morgan fingerprint density at radius 3 is 1.95 bits per heavy atom. The van der Waals surface area contributed by atoms with Gasteiger partial charge in [0.25, 0.3) is 0 Å². The molecule has 2 aromatic rings. The highest BCUT2D eigenvalue weighted by atomic mass is 15.0. The molecule has 0 saturated heterocycles. The van der Waals surface area contributed by atoms with E-state index in [-0.39, 0.29) is 0 Å². The number of aryl methyl sites for hydroxylation is 3. The van der Waals surface area contributed by atoms with E-state index in [1.54, 1.807) is 0 Å². The van der Waals surface area contributed by atoms with Gasteiger partial charge in [-0.05, 0) is 31.4 Å². The predicted molar refractivity (Wildman–Crippen MR) is 86.4 cm³/mol. The van der Waals surface area contributed by atoms with Crippen LogP contribution in [-0.4, -0.2) is 0 Å². The third-order valence-corrected chi connectivity index (χ3v) is 4.80. The molecule has 0 aliphatic carbocycles. The maximum atomic E-state index is 2.39. The second-order valence-electron chi connectivity index (χ2n) is 6.15. The quantitative estimate of drug-likeness (QED) is 0.766. The van der Waals surface area contributed by atoms with Gasteiger partial charge in [0.2, 0.25) is 0 Å². The fraction of sp³-hybridized carbons (Fsp3) is 0.474. The average molecular weight is 284 g/mol. The van der Waals surface area contributed by atoms with Crippen LogP contribution in [0, 0.1) is 34.6 Å². The van der Waals surface area contributed by atoms with Crippen LogP contribution in [0.3, 0.4) is 0 Å². The fourth-order valence-corrected chi connectivity index (χ4v) is 3.18. The molecule has 112 valence electrons. The van der Waals surface area contributed by atoms with E-state index in [0.29, 0.717) is 0 Å². The maximum Gasteiger partial charge on any atom is 0.181 e. The van der Waals surface area contributed by atoms with Gasteiger partial charge in [-0.25, -0.2) is 9.13 Å². The van der Waals surface area contributed by atoms with E-state index in [1.165, 1.54) is 39.5 Å². The Morgan fingerprint density at radius 1 is 0.857 bits per heavy atom. The van der Waals surface area contributed by atoms with Crippen molar-refractivity contribution in [1.82, 2.24) is 0 Å². The van der Waals surface area contributed by atoms with Gasteiger partial charge >= 0.3 is 0 Å². The summed E-state index contributed by atoms with van der Waals surface area (Å²) >= 11 is 0. The summed E-state index contributed by atoms with van der Waals surface area (Å²) in [6.45, 7) is 14.3. The molecule has 2 aromatic heterocycles. The molecule has 0 spiro atoms. The van der Waals surface area contributed by atoms with Gasteiger partial charge in [0.1, 0.15) is 13.6 Å². The summed E-state index contributed by atoms with van der Waals surface area (Å²) in [6, 6.07) is 6.96. The van der Waals surface area contributed by atoms with E-state index in [2.05, 4.69) is 75.9 Å². The van der Waals surface area contributed by atoms with Crippen molar-refractivity contribution in [3.05, 3.63) is 57.7 Å². The van der Waals surface area contributed by atoms with Crippen LogP contribution < -0.4 is 9.13 Å². The largest absolute Gasteiger partial charge is 0.203 e. The molecule has 2 heteroatoms. The smallest absolute Gasteiger partial charge is 0.181 e. The average Bonchev–Trinajstić information content (AvgIpc) is 2.42. The maximum absolute atomic E-state index is 2.39. The summed E-state index contributed by atoms with van der Waals surface area (Å²) in [6.07, 6.45) is 1.01. The van der Waals surface area contributed by atoms with Crippen LogP contribution in [0.5, 0.6) is 0 Å². The lowest BCUT2D eigenvalue weighted by Gasteiger charge is -2.11. The summed E-state index contributed by atoms with van der Waals surface area (Å²) in [5.41, 5.74) is 9.65. The number of nitrogens with zero attached hydrogens (tertiary/aromatic N) is 2. The van der Waals surface area contributed by atoms with Gasteiger partial charge in [0, 0.05) is 51.5 Å². The molecule has 0 bridgehead atoms. The first-order valence-electron chi connectivity index (χ1n) is 7.80. The molecule has 0 radical (unpaired) electrons. The Morgan fingerprint density at radius 2 is 1.43 bits per heavy atom. The molecule has 0 aliphatic rings. The van der Waals surface area contributed by atoms with E-state index in [4.69, 9.17) is 0 Å². The number of pyridine rings is 2. The standard InChI is InChI=1S/C19H28N2/c1-8-21-15(4)11-19(16(5)17(21)6)12-18-9-13(2)20(7)14(3)10-18/h9-11H,8,12H2,1-7H3/q+2. The van der Waals surface area contributed by atoms with Crippen LogP contribution in [0.15, 0.2) is 18.2 Å². The highest BCUT2D eigenvalue weighted by molar-refractivity contribution is 5.33. The third kappa shape index (κ3) is 2.99. The molecule has 0 fully saturated rings. The summed E-state index contributed by atoms with van der Waals surface area (Å²) in [7, 11) is 2.13. The molecular weight excluding hydrogens is 256 g/mol. The number of hydrogen-bond acceptors (Lipinski definition) is 0. The minimum absolute atomic E-state index is 1.01. The minimum atomic E-state index is 1.01. The third-order valence-electron chi connectivity index (χ3n) is 4.80. The first-order valence-corrected chi connectivity index (χ1v) is 7.80. The van der Waals surface area contributed by atoms with Gasteiger partial charge < -0.3 is 0 Å². The summed E-state index contributed by atoms with van der Waals surface area (Å²) in [5, 5.41) is 0. The molecule has 0 atom stereocenters. The van der Waals surface area contributed by atoms with Crippen LogP contribution in [0.1, 0.15) is 46.4 Å². The number of hydrogen-bond donors (Lipinski definition) is 0. The monoisotopic (exact) mass is 284 g/mol. The van der Waals surface area contributed by atoms with E-state index in [0.717, 1.165) is 13.0 Å². The molecule has 2 nitrogen and oxygen atoms in total. The zero-order valence-corrected chi connectivity index (χ0v) is 14.5. The lowest BCUT2D eigenvalue weighted by Crippen LogP contribution is -2.40. The zero-order chi connectivity index (χ0) is 15.7. The highest BCUT2D eigenvalue weighted by Gasteiger charge is 2.17.